The molecule has 0 atom stereocenters. The number of fused-ring (bicyclic) bond motifs is 1. The maximum atomic E-state index is 13.5. The summed E-state index contributed by atoms with van der Waals surface area (Å²) in [6, 6.07) is 12.0. The Morgan fingerprint density at radius 2 is 1.95 bits per heavy atom. The minimum Gasteiger partial charge on any atom is -0.398 e. The third kappa shape index (κ3) is 2.25. The minimum atomic E-state index is -0.329. The molecule has 0 fully saturated rings. The Hall–Kier alpha value is -2.36. The van der Waals surface area contributed by atoms with Crippen molar-refractivity contribution in [1.29, 1.82) is 0 Å². The van der Waals surface area contributed by atoms with Gasteiger partial charge < -0.3 is 10.6 Å². The van der Waals surface area contributed by atoms with Gasteiger partial charge in [0.25, 0.3) is 0 Å². The predicted octanol–water partition coefficient (Wildman–Crippen LogP) is 2.89. The fraction of sp³-hybridized carbons (Fsp3) is 0.188. The average molecular weight is 270 g/mol. The maximum Gasteiger partial charge on any atom is 0.227 e. The first-order valence-electron chi connectivity index (χ1n) is 6.57. The zero-order valence-electron chi connectivity index (χ0n) is 11.0. The van der Waals surface area contributed by atoms with Gasteiger partial charge in [0.15, 0.2) is 0 Å². The third-order valence-corrected chi connectivity index (χ3v) is 3.63. The van der Waals surface area contributed by atoms with Crippen molar-refractivity contribution in [3.63, 3.8) is 0 Å². The number of halogens is 1. The molecule has 0 saturated heterocycles. The molecule has 1 aliphatic rings. The first-order chi connectivity index (χ1) is 9.65. The topological polar surface area (TPSA) is 46.3 Å². The molecule has 3 nitrogen and oxygen atoms in total. The molecular formula is C16H15FN2O. The van der Waals surface area contributed by atoms with Crippen LogP contribution in [0.2, 0.25) is 0 Å². The van der Waals surface area contributed by atoms with Crippen molar-refractivity contribution in [2.24, 2.45) is 0 Å². The van der Waals surface area contributed by atoms with E-state index in [1.807, 2.05) is 18.2 Å². The van der Waals surface area contributed by atoms with Crippen LogP contribution < -0.4 is 10.6 Å². The largest absolute Gasteiger partial charge is 0.398 e. The molecule has 3 rings (SSSR count). The van der Waals surface area contributed by atoms with E-state index in [9.17, 15) is 9.18 Å². The quantitative estimate of drug-likeness (QED) is 0.853. The van der Waals surface area contributed by atoms with Crippen LogP contribution in [0.25, 0.3) is 0 Å². The molecule has 2 aromatic rings. The van der Waals surface area contributed by atoms with E-state index in [0.717, 1.165) is 11.1 Å². The second-order valence-electron chi connectivity index (χ2n) is 4.95. The summed E-state index contributed by atoms with van der Waals surface area (Å²) in [6.45, 7) is 0.377. The highest BCUT2D eigenvalue weighted by molar-refractivity contribution is 5.96. The molecular weight excluding hydrogens is 255 g/mol. The molecule has 102 valence electrons. The van der Waals surface area contributed by atoms with Crippen LogP contribution >= 0.6 is 0 Å². The van der Waals surface area contributed by atoms with Crippen LogP contribution in [0.5, 0.6) is 0 Å². The first-order valence-corrected chi connectivity index (χ1v) is 6.57. The Labute approximate surface area is 116 Å². The number of nitrogen functional groups attached to an aromatic ring is 1. The third-order valence-electron chi connectivity index (χ3n) is 3.63. The van der Waals surface area contributed by atoms with Crippen LogP contribution in [0.15, 0.2) is 42.5 Å². The highest BCUT2D eigenvalue weighted by Gasteiger charge is 2.25. The summed E-state index contributed by atoms with van der Waals surface area (Å²) in [5.41, 5.74) is 9.09. The molecule has 0 aliphatic carbocycles. The molecule has 0 unspecified atom stereocenters. The van der Waals surface area contributed by atoms with Crippen molar-refractivity contribution in [3.05, 3.63) is 59.4 Å². The zero-order chi connectivity index (χ0) is 14.1. The summed E-state index contributed by atoms with van der Waals surface area (Å²) in [6.07, 6.45) is 1.11. The molecule has 0 spiro atoms. The highest BCUT2D eigenvalue weighted by Crippen LogP contribution is 2.30. The van der Waals surface area contributed by atoms with E-state index in [2.05, 4.69) is 0 Å². The van der Waals surface area contributed by atoms with Gasteiger partial charge in [-0.2, -0.15) is 0 Å². The Kier molecular flexibility index (Phi) is 3.14. The van der Waals surface area contributed by atoms with Crippen LogP contribution in [0.3, 0.4) is 0 Å². The zero-order valence-corrected chi connectivity index (χ0v) is 11.0. The number of benzene rings is 2. The highest BCUT2D eigenvalue weighted by atomic mass is 19.1. The lowest BCUT2D eigenvalue weighted by Gasteiger charge is -2.30. The van der Waals surface area contributed by atoms with Gasteiger partial charge in [-0.15, -0.1) is 0 Å². The number of hydrogen-bond donors (Lipinski definition) is 1. The van der Waals surface area contributed by atoms with Crippen LogP contribution in [-0.4, -0.2) is 5.91 Å². The molecule has 0 bridgehead atoms. The van der Waals surface area contributed by atoms with Crippen molar-refractivity contribution < 1.29 is 9.18 Å². The lowest BCUT2D eigenvalue weighted by Crippen LogP contribution is -2.34. The van der Waals surface area contributed by atoms with Crippen LogP contribution in [0, 0.1) is 5.82 Å². The summed E-state index contributed by atoms with van der Waals surface area (Å²) in [4.78, 5) is 13.8. The standard InChI is InChI=1S/C16H15FN2O/c17-13-7-5-11-6-8-16(20)19(15(11)9-13)10-12-3-1-2-4-14(12)18/h1-5,7,9H,6,8,10,18H2. The number of hydrogen-bond acceptors (Lipinski definition) is 2. The summed E-state index contributed by atoms with van der Waals surface area (Å²) >= 11 is 0. The van der Waals surface area contributed by atoms with Crippen molar-refractivity contribution in [2.45, 2.75) is 19.4 Å². The van der Waals surface area contributed by atoms with Crippen molar-refractivity contribution >= 4 is 17.3 Å². The molecule has 1 heterocycles. The van der Waals surface area contributed by atoms with Gasteiger partial charge in [0, 0.05) is 12.1 Å². The molecule has 0 radical (unpaired) electrons. The van der Waals surface area contributed by atoms with E-state index in [1.54, 1.807) is 17.0 Å². The predicted molar refractivity (Wildman–Crippen MR) is 76.8 cm³/mol. The molecule has 20 heavy (non-hydrogen) atoms. The van der Waals surface area contributed by atoms with E-state index in [-0.39, 0.29) is 11.7 Å². The molecule has 0 saturated carbocycles. The molecule has 2 N–H and O–H groups in total. The van der Waals surface area contributed by atoms with Crippen molar-refractivity contribution in [2.75, 3.05) is 10.6 Å². The molecule has 0 aromatic heterocycles. The summed E-state index contributed by atoms with van der Waals surface area (Å²) < 4.78 is 13.5. The maximum absolute atomic E-state index is 13.5. The van der Waals surface area contributed by atoms with E-state index in [4.69, 9.17) is 5.73 Å². The lowest BCUT2D eigenvalue weighted by atomic mass is 10.00. The Balaban J connectivity index is 1.99. The van der Waals surface area contributed by atoms with E-state index >= 15 is 0 Å². The monoisotopic (exact) mass is 270 g/mol. The SMILES string of the molecule is Nc1ccccc1CN1C(=O)CCc2ccc(F)cc21. The number of nitrogens with two attached hydrogens (primary N) is 1. The van der Waals surface area contributed by atoms with Gasteiger partial charge in [0.05, 0.1) is 12.2 Å². The number of carbonyl (C=O) groups excluding carboxylic acids is 1. The van der Waals surface area contributed by atoms with Crippen LogP contribution in [0.4, 0.5) is 15.8 Å². The lowest BCUT2D eigenvalue weighted by molar-refractivity contribution is -0.119. The second-order valence-corrected chi connectivity index (χ2v) is 4.95. The minimum absolute atomic E-state index is 0.00588. The van der Waals surface area contributed by atoms with Crippen molar-refractivity contribution in [3.8, 4) is 0 Å². The van der Waals surface area contributed by atoms with Gasteiger partial charge in [-0.05, 0) is 35.7 Å². The average Bonchev–Trinajstić information content (AvgIpc) is 2.44. The van der Waals surface area contributed by atoms with E-state index < -0.39 is 0 Å². The summed E-state index contributed by atoms with van der Waals surface area (Å²) in [5, 5.41) is 0. The normalized spacial score (nSPS) is 14.2. The molecule has 1 amide bonds. The number of carbonyl (C=O) groups is 1. The summed E-state index contributed by atoms with van der Waals surface area (Å²) in [5.74, 6) is -0.323. The van der Waals surface area contributed by atoms with Crippen molar-refractivity contribution in [1.82, 2.24) is 0 Å². The van der Waals surface area contributed by atoms with Gasteiger partial charge in [-0.25, -0.2) is 4.39 Å². The van der Waals surface area contributed by atoms with Gasteiger partial charge >= 0.3 is 0 Å². The smallest absolute Gasteiger partial charge is 0.227 e. The number of para-hydroxylation sites is 1. The Morgan fingerprint density at radius 1 is 1.15 bits per heavy atom. The second kappa shape index (κ2) is 4.96. The number of anilines is 2. The number of aryl methyl sites for hydroxylation is 1. The summed E-state index contributed by atoms with van der Waals surface area (Å²) in [7, 11) is 0. The van der Waals surface area contributed by atoms with Crippen LogP contribution in [-0.2, 0) is 17.8 Å². The van der Waals surface area contributed by atoms with Gasteiger partial charge in [0.1, 0.15) is 5.82 Å². The van der Waals surface area contributed by atoms with Gasteiger partial charge in [0.2, 0.25) is 5.91 Å². The van der Waals surface area contributed by atoms with E-state index in [0.29, 0.717) is 30.8 Å². The molecule has 4 heteroatoms. The van der Waals surface area contributed by atoms with Gasteiger partial charge in [-0.1, -0.05) is 24.3 Å². The Bertz CT molecular complexity index is 669. The number of rotatable bonds is 2. The molecule has 1 aliphatic heterocycles. The first kappa shape index (κ1) is 12.7. The molecule has 2 aromatic carbocycles. The number of amides is 1. The number of nitrogens with zero attached hydrogens (tertiary/aromatic N) is 1. The van der Waals surface area contributed by atoms with Crippen LogP contribution in [0.1, 0.15) is 17.5 Å². The fourth-order valence-corrected chi connectivity index (χ4v) is 2.53. The van der Waals surface area contributed by atoms with E-state index in [1.165, 1.54) is 12.1 Å². The fourth-order valence-electron chi connectivity index (χ4n) is 2.53. The van der Waals surface area contributed by atoms with Gasteiger partial charge in [-0.3, -0.25) is 4.79 Å². The Morgan fingerprint density at radius 3 is 2.75 bits per heavy atom.